The minimum atomic E-state index is -0.859. The van der Waals surface area contributed by atoms with Crippen molar-refractivity contribution in [2.24, 2.45) is 5.92 Å². The van der Waals surface area contributed by atoms with Crippen LogP contribution < -0.4 is 5.32 Å². The van der Waals surface area contributed by atoms with E-state index in [2.05, 4.69) is 5.32 Å². The van der Waals surface area contributed by atoms with Crippen LogP contribution in [0.2, 0.25) is 0 Å². The fourth-order valence-corrected chi connectivity index (χ4v) is 2.19. The van der Waals surface area contributed by atoms with E-state index in [0.717, 1.165) is 5.56 Å². The molecule has 104 valence electrons. The van der Waals surface area contributed by atoms with E-state index < -0.39 is 11.9 Å². The number of hydrogen-bond acceptors (Lipinski definition) is 3. The van der Waals surface area contributed by atoms with Gasteiger partial charge in [0.1, 0.15) is 0 Å². The van der Waals surface area contributed by atoms with Crippen LogP contribution in [0.3, 0.4) is 0 Å². The summed E-state index contributed by atoms with van der Waals surface area (Å²) in [5, 5.41) is 20.4. The van der Waals surface area contributed by atoms with Gasteiger partial charge in [-0.2, -0.15) is 5.26 Å². The third-order valence-corrected chi connectivity index (χ3v) is 3.32. The van der Waals surface area contributed by atoms with E-state index in [1.165, 1.54) is 4.90 Å². The molecule has 6 nitrogen and oxygen atoms in total. The molecule has 1 atom stereocenters. The number of nitriles is 1. The summed E-state index contributed by atoms with van der Waals surface area (Å²) in [7, 11) is 0. The van der Waals surface area contributed by atoms with Gasteiger partial charge in [0.05, 0.1) is 17.6 Å². The molecule has 0 aromatic heterocycles. The second kappa shape index (κ2) is 6.06. The highest BCUT2D eigenvalue weighted by Gasteiger charge is 2.30. The largest absolute Gasteiger partial charge is 0.481 e. The number of likely N-dealkylation sites (tertiary alicyclic amines) is 1. The van der Waals surface area contributed by atoms with Crippen LogP contribution in [0.5, 0.6) is 0 Å². The molecule has 2 amide bonds. The van der Waals surface area contributed by atoms with Crippen molar-refractivity contribution in [2.75, 3.05) is 13.1 Å². The minimum Gasteiger partial charge on any atom is -0.481 e. The second-order valence-corrected chi connectivity index (χ2v) is 4.74. The van der Waals surface area contributed by atoms with Crippen molar-refractivity contribution in [1.82, 2.24) is 10.2 Å². The maximum absolute atomic E-state index is 11.9. The van der Waals surface area contributed by atoms with Crippen molar-refractivity contribution in [3.8, 4) is 6.07 Å². The molecule has 1 aromatic carbocycles. The maximum atomic E-state index is 11.9. The van der Waals surface area contributed by atoms with Crippen LogP contribution in [-0.4, -0.2) is 35.1 Å². The van der Waals surface area contributed by atoms with Crippen LogP contribution in [0.25, 0.3) is 0 Å². The van der Waals surface area contributed by atoms with Crippen LogP contribution in [0, 0.1) is 17.2 Å². The van der Waals surface area contributed by atoms with Crippen LogP contribution in [0.1, 0.15) is 17.5 Å². The highest BCUT2D eigenvalue weighted by atomic mass is 16.4. The van der Waals surface area contributed by atoms with E-state index in [4.69, 9.17) is 10.4 Å². The summed E-state index contributed by atoms with van der Waals surface area (Å²) in [6, 6.07) is 8.77. The molecule has 0 bridgehead atoms. The zero-order valence-corrected chi connectivity index (χ0v) is 10.9. The molecule has 1 aliphatic rings. The molecule has 2 rings (SSSR count). The average Bonchev–Trinajstić information content (AvgIpc) is 2.95. The van der Waals surface area contributed by atoms with Crippen LogP contribution in [0.4, 0.5) is 4.79 Å². The summed E-state index contributed by atoms with van der Waals surface area (Å²) in [5.41, 5.74) is 1.38. The first-order valence-electron chi connectivity index (χ1n) is 6.35. The molecule has 0 radical (unpaired) electrons. The molecule has 1 saturated heterocycles. The van der Waals surface area contributed by atoms with E-state index in [1.54, 1.807) is 18.2 Å². The van der Waals surface area contributed by atoms with Crippen LogP contribution >= 0.6 is 0 Å². The molecule has 1 aromatic rings. The molecule has 0 aliphatic carbocycles. The first kappa shape index (κ1) is 13.9. The Labute approximate surface area is 116 Å². The monoisotopic (exact) mass is 273 g/mol. The number of carbonyl (C=O) groups is 2. The van der Waals surface area contributed by atoms with Gasteiger partial charge in [-0.1, -0.05) is 12.1 Å². The first-order chi connectivity index (χ1) is 9.60. The number of urea groups is 1. The van der Waals surface area contributed by atoms with Gasteiger partial charge in [-0.15, -0.1) is 0 Å². The maximum Gasteiger partial charge on any atom is 0.317 e. The molecule has 1 fully saturated rings. The van der Waals surface area contributed by atoms with E-state index in [1.807, 2.05) is 12.1 Å². The second-order valence-electron chi connectivity index (χ2n) is 4.74. The van der Waals surface area contributed by atoms with Gasteiger partial charge in [-0.25, -0.2) is 4.79 Å². The van der Waals surface area contributed by atoms with E-state index >= 15 is 0 Å². The fraction of sp³-hybridized carbons (Fsp3) is 0.357. The molecular weight excluding hydrogens is 258 g/mol. The lowest BCUT2D eigenvalue weighted by molar-refractivity contribution is -0.141. The molecular formula is C14H15N3O3. The Morgan fingerprint density at radius 2 is 2.30 bits per heavy atom. The summed E-state index contributed by atoms with van der Waals surface area (Å²) >= 11 is 0. The summed E-state index contributed by atoms with van der Waals surface area (Å²) in [5.74, 6) is -1.33. The standard InChI is InChI=1S/C14H15N3O3/c15-7-10-2-1-3-11(6-10)8-16-14(20)17-5-4-12(9-17)13(18)19/h1-3,6,12H,4-5,8-9H2,(H,16,20)(H,18,19). The molecule has 6 heteroatoms. The number of nitrogens with one attached hydrogen (secondary N) is 1. The highest BCUT2D eigenvalue weighted by Crippen LogP contribution is 2.16. The third-order valence-electron chi connectivity index (χ3n) is 3.32. The topological polar surface area (TPSA) is 93.4 Å². The zero-order valence-electron chi connectivity index (χ0n) is 10.9. The number of hydrogen-bond donors (Lipinski definition) is 2. The Morgan fingerprint density at radius 3 is 2.95 bits per heavy atom. The van der Waals surface area contributed by atoms with Crippen molar-refractivity contribution in [3.63, 3.8) is 0 Å². The Bertz CT molecular complexity index is 565. The predicted octanol–water partition coefficient (Wildman–Crippen LogP) is 1.17. The van der Waals surface area contributed by atoms with Gasteiger partial charge in [0.2, 0.25) is 0 Å². The zero-order chi connectivity index (χ0) is 14.5. The molecule has 1 heterocycles. The molecule has 1 unspecified atom stereocenters. The van der Waals surface area contributed by atoms with Gasteiger partial charge in [0.25, 0.3) is 0 Å². The van der Waals surface area contributed by atoms with Crippen molar-refractivity contribution < 1.29 is 14.7 Å². The summed E-state index contributed by atoms with van der Waals surface area (Å²) in [4.78, 5) is 24.2. The van der Waals surface area contributed by atoms with Crippen molar-refractivity contribution in [1.29, 1.82) is 5.26 Å². The smallest absolute Gasteiger partial charge is 0.317 e. The van der Waals surface area contributed by atoms with Gasteiger partial charge in [-0.05, 0) is 24.1 Å². The number of aliphatic carboxylic acids is 1. The van der Waals surface area contributed by atoms with E-state index in [9.17, 15) is 9.59 Å². The Kier molecular flexibility index (Phi) is 4.20. The summed E-state index contributed by atoms with van der Waals surface area (Å²) in [6.07, 6.45) is 0.493. The van der Waals surface area contributed by atoms with Gasteiger partial charge in [0, 0.05) is 19.6 Å². The molecule has 2 N–H and O–H groups in total. The first-order valence-corrected chi connectivity index (χ1v) is 6.35. The lowest BCUT2D eigenvalue weighted by atomic mass is 10.1. The van der Waals surface area contributed by atoms with Crippen molar-refractivity contribution in [3.05, 3.63) is 35.4 Å². The fourth-order valence-electron chi connectivity index (χ4n) is 2.19. The number of amides is 2. The molecule has 1 aliphatic heterocycles. The summed E-state index contributed by atoms with van der Waals surface area (Å²) in [6.45, 7) is 1.03. The van der Waals surface area contributed by atoms with Crippen LogP contribution in [-0.2, 0) is 11.3 Å². The SMILES string of the molecule is N#Cc1cccc(CNC(=O)N2CCC(C(=O)O)C2)c1. The lowest BCUT2D eigenvalue weighted by Crippen LogP contribution is -2.38. The van der Waals surface area contributed by atoms with Gasteiger partial charge in [0.15, 0.2) is 0 Å². The molecule has 20 heavy (non-hydrogen) atoms. The number of carbonyl (C=O) groups excluding carboxylic acids is 1. The Morgan fingerprint density at radius 1 is 1.50 bits per heavy atom. The quantitative estimate of drug-likeness (QED) is 0.864. The minimum absolute atomic E-state index is 0.249. The number of rotatable bonds is 3. The Hall–Kier alpha value is -2.55. The average molecular weight is 273 g/mol. The normalized spacial score (nSPS) is 17.6. The molecule has 0 spiro atoms. The predicted molar refractivity (Wildman–Crippen MR) is 70.7 cm³/mol. The lowest BCUT2D eigenvalue weighted by Gasteiger charge is -2.16. The van der Waals surface area contributed by atoms with Gasteiger partial charge in [-0.3, -0.25) is 4.79 Å². The number of carboxylic acid groups (broad SMARTS) is 1. The number of benzene rings is 1. The van der Waals surface area contributed by atoms with E-state index in [0.29, 0.717) is 25.1 Å². The third kappa shape index (κ3) is 3.26. The molecule has 0 saturated carbocycles. The van der Waals surface area contributed by atoms with Crippen molar-refractivity contribution >= 4 is 12.0 Å². The van der Waals surface area contributed by atoms with Crippen molar-refractivity contribution in [2.45, 2.75) is 13.0 Å². The number of carboxylic acids is 1. The van der Waals surface area contributed by atoms with Crippen LogP contribution in [0.15, 0.2) is 24.3 Å². The van der Waals surface area contributed by atoms with Gasteiger partial charge >= 0.3 is 12.0 Å². The van der Waals surface area contributed by atoms with E-state index in [-0.39, 0.29) is 12.6 Å². The number of nitrogens with zero attached hydrogens (tertiary/aromatic N) is 2. The Balaban J connectivity index is 1.87. The van der Waals surface area contributed by atoms with Gasteiger partial charge < -0.3 is 15.3 Å². The highest BCUT2D eigenvalue weighted by molar-refractivity contribution is 5.77. The summed E-state index contributed by atoms with van der Waals surface area (Å²) < 4.78 is 0.